The predicted octanol–water partition coefficient (Wildman–Crippen LogP) is 2.03. The molecule has 1 N–H and O–H groups in total. The maximum atomic E-state index is 12.9. The second-order valence-electron chi connectivity index (χ2n) is 4.14. The topological polar surface area (TPSA) is 32.3 Å². The Bertz CT molecular complexity index is 445. The molecule has 1 aromatic rings. The van der Waals surface area contributed by atoms with Crippen molar-refractivity contribution in [1.29, 1.82) is 0 Å². The van der Waals surface area contributed by atoms with Gasteiger partial charge in [-0.05, 0) is 18.6 Å². The molecule has 0 saturated carbocycles. The Balaban J connectivity index is 2.34. The van der Waals surface area contributed by atoms with Crippen LogP contribution in [0.1, 0.15) is 12.0 Å². The summed E-state index contributed by atoms with van der Waals surface area (Å²) in [5, 5.41) is 2.64. The van der Waals surface area contributed by atoms with Crippen molar-refractivity contribution in [2.45, 2.75) is 12.6 Å². The molecule has 98 valence electrons. The van der Waals surface area contributed by atoms with Crippen LogP contribution in [0, 0.1) is 0 Å². The number of carbonyl (C=O) groups excluding carboxylic acids is 1. The molecule has 2 rings (SSSR count). The smallest absolute Gasteiger partial charge is 0.362 e. The fourth-order valence-corrected chi connectivity index (χ4v) is 2.00. The Hall–Kier alpha value is -1.72. The monoisotopic (exact) mass is 258 g/mol. The highest BCUT2D eigenvalue weighted by Gasteiger charge is 2.35. The van der Waals surface area contributed by atoms with E-state index in [0.29, 0.717) is 19.5 Å². The van der Waals surface area contributed by atoms with E-state index in [0.717, 1.165) is 6.07 Å². The van der Waals surface area contributed by atoms with Crippen LogP contribution in [-0.4, -0.2) is 25.5 Å². The first kappa shape index (κ1) is 12.7. The van der Waals surface area contributed by atoms with E-state index in [2.05, 4.69) is 5.32 Å². The van der Waals surface area contributed by atoms with E-state index in [1.54, 1.807) is 6.07 Å². The largest absolute Gasteiger partial charge is 0.418 e. The molecule has 0 spiro atoms. The number of rotatable bonds is 1. The molecule has 1 fully saturated rings. The van der Waals surface area contributed by atoms with Crippen LogP contribution in [0.15, 0.2) is 24.3 Å². The van der Waals surface area contributed by atoms with E-state index in [1.807, 2.05) is 0 Å². The highest BCUT2D eigenvalue weighted by Crippen LogP contribution is 2.36. The van der Waals surface area contributed by atoms with Crippen LogP contribution in [-0.2, 0) is 11.0 Å². The van der Waals surface area contributed by atoms with Crippen molar-refractivity contribution >= 4 is 11.6 Å². The Labute approximate surface area is 103 Å². The number of hydrogen-bond donors (Lipinski definition) is 1. The normalized spacial score (nSPS) is 17.3. The lowest BCUT2D eigenvalue weighted by Crippen LogP contribution is -2.34. The standard InChI is InChI=1S/C12H13F3N2O/c13-12(14,15)9-4-1-2-5-10(9)17-7-3-6-16-11(18)8-17/h1-2,4-5H,3,6-8H2,(H,16,18). The lowest BCUT2D eigenvalue weighted by molar-refractivity contribution is -0.137. The first-order chi connectivity index (χ1) is 8.48. The predicted molar refractivity (Wildman–Crippen MR) is 61.3 cm³/mol. The third-order valence-corrected chi connectivity index (χ3v) is 2.81. The summed E-state index contributed by atoms with van der Waals surface area (Å²) in [6.45, 7) is 0.905. The molecule has 1 saturated heterocycles. The lowest BCUT2D eigenvalue weighted by Gasteiger charge is -2.25. The van der Waals surface area contributed by atoms with Gasteiger partial charge in [0.2, 0.25) is 5.91 Å². The van der Waals surface area contributed by atoms with Crippen LogP contribution < -0.4 is 10.2 Å². The summed E-state index contributed by atoms with van der Waals surface area (Å²) in [6.07, 6.45) is -3.77. The van der Waals surface area contributed by atoms with Crippen molar-refractivity contribution in [2.24, 2.45) is 0 Å². The van der Waals surface area contributed by atoms with E-state index in [4.69, 9.17) is 0 Å². The minimum Gasteiger partial charge on any atom is -0.362 e. The fourth-order valence-electron chi connectivity index (χ4n) is 2.00. The molecule has 1 amide bonds. The van der Waals surface area contributed by atoms with Gasteiger partial charge in [0.1, 0.15) is 0 Å². The summed E-state index contributed by atoms with van der Waals surface area (Å²) < 4.78 is 38.6. The van der Waals surface area contributed by atoms with E-state index >= 15 is 0 Å². The Morgan fingerprint density at radius 1 is 1.22 bits per heavy atom. The number of halogens is 3. The number of amides is 1. The zero-order chi connectivity index (χ0) is 13.2. The molecule has 0 radical (unpaired) electrons. The molecule has 18 heavy (non-hydrogen) atoms. The van der Waals surface area contributed by atoms with Gasteiger partial charge in [-0.15, -0.1) is 0 Å². The van der Waals surface area contributed by atoms with E-state index < -0.39 is 11.7 Å². The quantitative estimate of drug-likeness (QED) is 0.836. The first-order valence-electron chi connectivity index (χ1n) is 5.66. The van der Waals surface area contributed by atoms with Crippen LogP contribution in [0.2, 0.25) is 0 Å². The molecule has 0 unspecified atom stereocenters. The van der Waals surface area contributed by atoms with Crippen molar-refractivity contribution < 1.29 is 18.0 Å². The summed E-state index contributed by atoms with van der Waals surface area (Å²) in [4.78, 5) is 12.9. The number of anilines is 1. The molecule has 0 atom stereocenters. The van der Waals surface area contributed by atoms with E-state index in [9.17, 15) is 18.0 Å². The number of para-hydroxylation sites is 1. The summed E-state index contributed by atoms with van der Waals surface area (Å²) in [7, 11) is 0. The van der Waals surface area contributed by atoms with Crippen molar-refractivity contribution in [2.75, 3.05) is 24.5 Å². The number of hydrogen-bond acceptors (Lipinski definition) is 2. The highest BCUT2D eigenvalue weighted by molar-refractivity contribution is 5.82. The van der Waals surface area contributed by atoms with E-state index in [1.165, 1.54) is 17.0 Å². The number of alkyl halides is 3. The molecule has 0 bridgehead atoms. The molecule has 0 aromatic heterocycles. The number of nitrogens with zero attached hydrogens (tertiary/aromatic N) is 1. The second kappa shape index (κ2) is 4.88. The summed E-state index contributed by atoms with van der Waals surface area (Å²) in [6, 6.07) is 5.34. The van der Waals surface area contributed by atoms with Gasteiger partial charge in [-0.25, -0.2) is 0 Å². The van der Waals surface area contributed by atoms with Crippen molar-refractivity contribution in [1.82, 2.24) is 5.32 Å². The number of benzene rings is 1. The number of carbonyl (C=O) groups is 1. The average molecular weight is 258 g/mol. The van der Waals surface area contributed by atoms with Gasteiger partial charge in [-0.1, -0.05) is 12.1 Å². The Kier molecular flexibility index (Phi) is 3.45. The summed E-state index contributed by atoms with van der Waals surface area (Å²) >= 11 is 0. The summed E-state index contributed by atoms with van der Waals surface area (Å²) in [5.41, 5.74) is -0.623. The second-order valence-corrected chi connectivity index (χ2v) is 4.14. The lowest BCUT2D eigenvalue weighted by atomic mass is 10.1. The van der Waals surface area contributed by atoms with Crippen LogP contribution in [0.4, 0.5) is 18.9 Å². The maximum Gasteiger partial charge on any atom is 0.418 e. The van der Waals surface area contributed by atoms with Crippen LogP contribution in [0.3, 0.4) is 0 Å². The molecule has 3 nitrogen and oxygen atoms in total. The van der Waals surface area contributed by atoms with Crippen LogP contribution >= 0.6 is 0 Å². The molecule has 1 aromatic carbocycles. The minimum atomic E-state index is -4.40. The molecule has 6 heteroatoms. The zero-order valence-electron chi connectivity index (χ0n) is 9.63. The Morgan fingerprint density at radius 3 is 2.67 bits per heavy atom. The Morgan fingerprint density at radius 2 is 1.94 bits per heavy atom. The van der Waals surface area contributed by atoms with Crippen molar-refractivity contribution in [3.05, 3.63) is 29.8 Å². The van der Waals surface area contributed by atoms with Gasteiger partial charge >= 0.3 is 6.18 Å². The molecule has 1 aliphatic heterocycles. The molecule has 1 aliphatic rings. The van der Waals surface area contributed by atoms with Gasteiger partial charge in [-0.2, -0.15) is 13.2 Å². The van der Waals surface area contributed by atoms with Gasteiger partial charge in [0.25, 0.3) is 0 Å². The molecule has 0 aliphatic carbocycles. The first-order valence-corrected chi connectivity index (χ1v) is 5.66. The van der Waals surface area contributed by atoms with Gasteiger partial charge in [0, 0.05) is 18.8 Å². The van der Waals surface area contributed by atoms with Gasteiger partial charge in [0.15, 0.2) is 0 Å². The third kappa shape index (κ3) is 2.75. The van der Waals surface area contributed by atoms with Crippen LogP contribution in [0.5, 0.6) is 0 Å². The van der Waals surface area contributed by atoms with Crippen LogP contribution in [0.25, 0.3) is 0 Å². The summed E-state index contributed by atoms with van der Waals surface area (Å²) in [5.74, 6) is -0.246. The average Bonchev–Trinajstić information content (AvgIpc) is 2.53. The highest BCUT2D eigenvalue weighted by atomic mass is 19.4. The van der Waals surface area contributed by atoms with Gasteiger partial charge < -0.3 is 10.2 Å². The van der Waals surface area contributed by atoms with Gasteiger partial charge in [-0.3, -0.25) is 4.79 Å². The maximum absolute atomic E-state index is 12.9. The third-order valence-electron chi connectivity index (χ3n) is 2.81. The molecule has 1 heterocycles. The van der Waals surface area contributed by atoms with Crippen molar-refractivity contribution in [3.8, 4) is 0 Å². The van der Waals surface area contributed by atoms with Crippen molar-refractivity contribution in [3.63, 3.8) is 0 Å². The molecular weight excluding hydrogens is 245 g/mol. The number of nitrogens with one attached hydrogen (secondary N) is 1. The zero-order valence-corrected chi connectivity index (χ0v) is 9.63. The van der Waals surface area contributed by atoms with E-state index in [-0.39, 0.29) is 18.1 Å². The fraction of sp³-hybridized carbons (Fsp3) is 0.417. The van der Waals surface area contributed by atoms with Gasteiger partial charge in [0.05, 0.1) is 12.1 Å². The molecular formula is C12H13F3N2O. The minimum absolute atomic E-state index is 0.0346. The SMILES string of the molecule is O=C1CN(c2ccccc2C(F)(F)F)CCCN1.